The number of aryl methyl sites for hydroxylation is 1. The minimum Gasteiger partial charge on any atom is -0.489 e. The van der Waals surface area contributed by atoms with Gasteiger partial charge in [0, 0.05) is 33.8 Å². The average molecular weight is 557 g/mol. The van der Waals surface area contributed by atoms with Gasteiger partial charge in [0.2, 0.25) is 11.5 Å². The molecule has 0 saturated carbocycles. The summed E-state index contributed by atoms with van der Waals surface area (Å²) in [5.74, 6) is -2.32. The van der Waals surface area contributed by atoms with Crippen LogP contribution in [0, 0.1) is 12.7 Å². The normalized spacial score (nSPS) is 18.2. The maximum absolute atomic E-state index is 14.6. The number of hydrogen-bond acceptors (Lipinski definition) is 5. The molecule has 3 heterocycles. The lowest BCUT2D eigenvalue weighted by Gasteiger charge is -2.31. The fourth-order valence-corrected chi connectivity index (χ4v) is 4.77. The molecule has 8 nitrogen and oxygen atoms in total. The van der Waals surface area contributed by atoms with E-state index in [2.05, 4.69) is 15.3 Å². The molecule has 5 N–H and O–H groups in total. The summed E-state index contributed by atoms with van der Waals surface area (Å²) < 4.78 is 62.9. The highest BCUT2D eigenvalue weighted by Crippen LogP contribution is 2.47. The molecule has 2 amide bonds. The Kier molecular flexibility index (Phi) is 6.33. The Morgan fingerprint density at radius 2 is 1.88 bits per heavy atom. The third kappa shape index (κ3) is 4.24. The molecule has 4 aromatic rings. The molecular weight excluding hydrogens is 532 g/mol. The van der Waals surface area contributed by atoms with Crippen LogP contribution in [-0.2, 0) is 15.8 Å². The van der Waals surface area contributed by atoms with Gasteiger partial charge in [-0.1, -0.05) is 0 Å². The molecule has 1 aliphatic rings. The van der Waals surface area contributed by atoms with E-state index >= 15 is 0 Å². The zero-order chi connectivity index (χ0) is 29.0. The Morgan fingerprint density at radius 3 is 2.52 bits per heavy atom. The van der Waals surface area contributed by atoms with Gasteiger partial charge in [-0.05, 0) is 67.9 Å². The van der Waals surface area contributed by atoms with Crippen molar-refractivity contribution in [1.82, 2.24) is 15.3 Å². The summed E-state index contributed by atoms with van der Waals surface area (Å²) in [7, 11) is 0. The number of rotatable bonds is 6. The zero-order valence-electron chi connectivity index (χ0n) is 21.3. The van der Waals surface area contributed by atoms with Gasteiger partial charge in [-0.25, -0.2) is 9.37 Å². The highest BCUT2D eigenvalue weighted by molar-refractivity contribution is 6.00. The van der Waals surface area contributed by atoms with Crippen LogP contribution < -0.4 is 15.8 Å². The lowest BCUT2D eigenvalue weighted by atomic mass is 9.81. The van der Waals surface area contributed by atoms with Crippen LogP contribution in [0.15, 0.2) is 54.7 Å². The molecule has 40 heavy (non-hydrogen) atoms. The summed E-state index contributed by atoms with van der Waals surface area (Å²) in [6.07, 6.45) is -3.65. The van der Waals surface area contributed by atoms with Crippen LogP contribution in [0.2, 0.25) is 0 Å². The third-order valence-electron chi connectivity index (χ3n) is 7.38. The second-order valence-electron chi connectivity index (χ2n) is 9.94. The summed E-state index contributed by atoms with van der Waals surface area (Å²) in [5.41, 5.74) is 0.873. The quantitative estimate of drug-likeness (QED) is 0.267. The lowest BCUT2D eigenvalue weighted by Crippen LogP contribution is -2.52. The van der Waals surface area contributed by atoms with Crippen LogP contribution in [0.25, 0.3) is 22.2 Å². The first-order chi connectivity index (χ1) is 18.8. The molecule has 12 heteroatoms. The smallest absolute Gasteiger partial charge is 0.424 e. The molecule has 0 spiro atoms. The highest BCUT2D eigenvalue weighted by atomic mass is 19.4. The van der Waals surface area contributed by atoms with E-state index < -0.39 is 47.1 Å². The molecular formula is C28H24F4N4O4. The molecule has 0 fully saturated rings. The van der Waals surface area contributed by atoms with Gasteiger partial charge in [0.15, 0.2) is 0 Å². The number of primary amides is 1. The molecule has 2 atom stereocenters. The van der Waals surface area contributed by atoms with Gasteiger partial charge >= 0.3 is 6.18 Å². The van der Waals surface area contributed by atoms with E-state index in [-0.39, 0.29) is 34.7 Å². The summed E-state index contributed by atoms with van der Waals surface area (Å²) >= 11 is 0. The van der Waals surface area contributed by atoms with E-state index in [1.165, 1.54) is 25.1 Å². The van der Waals surface area contributed by atoms with Gasteiger partial charge in [0.05, 0.1) is 12.2 Å². The SMILES string of the molecule is Cc1c(C(=O)NC[C@](O)(c2cc3c(c(-c4ccc(F)cc4)n2)OC[C@]3(C)C(N)=O)C(F)(F)F)ccc2[nH]ccc12. The maximum atomic E-state index is 14.6. The lowest BCUT2D eigenvalue weighted by molar-refractivity contribution is -0.265. The van der Waals surface area contributed by atoms with Gasteiger partial charge in [-0.2, -0.15) is 13.2 Å². The zero-order valence-corrected chi connectivity index (χ0v) is 21.3. The molecule has 0 radical (unpaired) electrons. The number of hydrogen-bond donors (Lipinski definition) is 4. The second kappa shape index (κ2) is 9.33. The van der Waals surface area contributed by atoms with Gasteiger partial charge in [-0.3, -0.25) is 9.59 Å². The number of aromatic amines is 1. The van der Waals surface area contributed by atoms with Crippen molar-refractivity contribution in [3.63, 3.8) is 0 Å². The van der Waals surface area contributed by atoms with Gasteiger partial charge in [-0.15, -0.1) is 0 Å². The monoisotopic (exact) mass is 556 g/mol. The molecule has 5 rings (SSSR count). The number of nitrogens with zero attached hydrogens (tertiary/aromatic N) is 1. The van der Waals surface area contributed by atoms with Crippen molar-refractivity contribution >= 4 is 22.7 Å². The summed E-state index contributed by atoms with van der Waals surface area (Å²) in [5, 5.41) is 14.1. The summed E-state index contributed by atoms with van der Waals surface area (Å²) in [6.45, 7) is 1.48. The molecule has 0 bridgehead atoms. The first kappa shape index (κ1) is 27.1. The number of amides is 2. The van der Waals surface area contributed by atoms with Crippen LogP contribution in [0.4, 0.5) is 17.6 Å². The third-order valence-corrected chi connectivity index (χ3v) is 7.38. The standard InChI is InChI=1S/C28H24F4N4O4/c1-14-17-9-10-34-20(17)8-7-18(14)24(37)35-12-27(39,28(30,31)32)21-11-19-23(40-13-26(19,2)25(33)38)22(36-21)15-3-5-16(29)6-4-15/h3-11,34,39H,12-13H2,1-2H3,(H2,33,38)(H,35,37)/t26-,27-/m0/s1. The molecule has 1 aliphatic heterocycles. The number of aromatic nitrogens is 2. The number of pyridine rings is 1. The van der Waals surface area contributed by atoms with Gasteiger partial charge < -0.3 is 25.9 Å². The van der Waals surface area contributed by atoms with E-state index in [4.69, 9.17) is 10.5 Å². The number of alkyl halides is 3. The molecule has 0 aliphatic carbocycles. The molecule has 0 unspecified atom stereocenters. The minimum absolute atomic E-state index is 0.0133. The topological polar surface area (TPSA) is 130 Å². The van der Waals surface area contributed by atoms with Gasteiger partial charge in [0.25, 0.3) is 5.91 Å². The van der Waals surface area contributed by atoms with Crippen LogP contribution in [0.3, 0.4) is 0 Å². The van der Waals surface area contributed by atoms with Crippen molar-refractivity contribution in [2.45, 2.75) is 31.0 Å². The Bertz CT molecular complexity index is 1650. The van der Waals surface area contributed by atoms with Gasteiger partial charge in [0.1, 0.15) is 29.3 Å². The Hall–Kier alpha value is -4.45. The van der Waals surface area contributed by atoms with Crippen LogP contribution in [0.1, 0.15) is 34.1 Å². The Balaban J connectivity index is 1.60. The second-order valence-corrected chi connectivity index (χ2v) is 9.94. The fourth-order valence-electron chi connectivity index (χ4n) is 4.77. The number of benzene rings is 2. The number of halogens is 4. The van der Waals surface area contributed by atoms with Crippen molar-refractivity contribution in [2.75, 3.05) is 13.2 Å². The molecule has 0 saturated heterocycles. The maximum Gasteiger partial charge on any atom is 0.424 e. The predicted octanol–water partition coefficient (Wildman–Crippen LogP) is 3.99. The van der Waals surface area contributed by atoms with E-state index in [9.17, 15) is 32.3 Å². The van der Waals surface area contributed by atoms with Crippen LogP contribution >= 0.6 is 0 Å². The van der Waals surface area contributed by atoms with Crippen LogP contribution in [-0.4, -0.2) is 46.2 Å². The number of nitrogens with one attached hydrogen (secondary N) is 2. The predicted molar refractivity (Wildman–Crippen MR) is 137 cm³/mol. The number of ether oxygens (including phenoxy) is 1. The summed E-state index contributed by atoms with van der Waals surface area (Å²) in [4.78, 5) is 32.4. The highest BCUT2D eigenvalue weighted by Gasteiger charge is 2.57. The van der Waals surface area contributed by atoms with E-state index in [1.54, 1.807) is 25.3 Å². The van der Waals surface area contributed by atoms with E-state index in [0.29, 0.717) is 10.9 Å². The van der Waals surface area contributed by atoms with Crippen molar-refractivity contribution in [3.05, 3.63) is 82.9 Å². The van der Waals surface area contributed by atoms with Crippen molar-refractivity contribution in [3.8, 4) is 17.0 Å². The fraction of sp³-hybridized carbons (Fsp3) is 0.250. The number of carbonyl (C=O) groups excluding carboxylic acids is 2. The molecule has 208 valence electrons. The largest absolute Gasteiger partial charge is 0.489 e. The minimum atomic E-state index is -5.32. The summed E-state index contributed by atoms with van der Waals surface area (Å²) in [6, 6.07) is 10.4. The van der Waals surface area contributed by atoms with Crippen molar-refractivity contribution in [2.24, 2.45) is 5.73 Å². The number of carbonyl (C=O) groups is 2. The number of fused-ring (bicyclic) bond motifs is 2. The van der Waals surface area contributed by atoms with E-state index in [0.717, 1.165) is 23.7 Å². The first-order valence-corrected chi connectivity index (χ1v) is 12.1. The Morgan fingerprint density at radius 1 is 1.18 bits per heavy atom. The number of H-pyrrole nitrogens is 1. The van der Waals surface area contributed by atoms with Crippen LogP contribution in [0.5, 0.6) is 5.75 Å². The van der Waals surface area contributed by atoms with Crippen molar-refractivity contribution < 1.29 is 37.0 Å². The number of nitrogens with two attached hydrogens (primary N) is 1. The Labute approximate surface area is 225 Å². The molecule has 2 aromatic carbocycles. The first-order valence-electron chi connectivity index (χ1n) is 12.1. The van der Waals surface area contributed by atoms with Crippen molar-refractivity contribution in [1.29, 1.82) is 0 Å². The van der Waals surface area contributed by atoms with E-state index in [1.807, 2.05) is 0 Å². The number of aliphatic hydroxyl groups is 1. The average Bonchev–Trinajstić information content (AvgIpc) is 3.53. The molecule has 2 aromatic heterocycles.